The number of carbonyl (C=O) groups excluding carboxylic acids is 1. The van der Waals surface area contributed by atoms with E-state index in [9.17, 15) is 14.9 Å². The lowest BCUT2D eigenvalue weighted by Gasteiger charge is -2.07. The first-order valence-electron chi connectivity index (χ1n) is 5.93. The smallest absolute Gasteiger partial charge is 0.270 e. The van der Waals surface area contributed by atoms with Crippen LogP contribution in [-0.2, 0) is 16.1 Å². The average Bonchev–Trinajstić information content (AvgIpc) is 2.40. The zero-order valence-electron chi connectivity index (χ0n) is 11.0. The van der Waals surface area contributed by atoms with Crippen LogP contribution >= 0.6 is 11.6 Å². The summed E-state index contributed by atoms with van der Waals surface area (Å²) in [4.78, 5) is 21.4. The summed E-state index contributed by atoms with van der Waals surface area (Å²) in [5.74, 6) is -0.153. The zero-order chi connectivity index (χ0) is 15.0. The van der Waals surface area contributed by atoms with Crippen LogP contribution in [0, 0.1) is 10.1 Å². The lowest BCUT2D eigenvalue weighted by Crippen LogP contribution is -2.35. The maximum atomic E-state index is 11.4. The van der Waals surface area contributed by atoms with Gasteiger partial charge in [0.1, 0.15) is 0 Å². The zero-order valence-corrected chi connectivity index (χ0v) is 11.8. The number of amides is 1. The number of nitrogens with zero attached hydrogens (tertiary/aromatic N) is 1. The number of nitro benzene ring substituents is 1. The quantitative estimate of drug-likeness (QED) is 0.426. The fourth-order valence-electron chi connectivity index (χ4n) is 1.46. The van der Waals surface area contributed by atoms with Gasteiger partial charge in [0.2, 0.25) is 5.91 Å². The summed E-state index contributed by atoms with van der Waals surface area (Å²) < 4.78 is 4.80. The Kier molecular flexibility index (Phi) is 6.92. The molecule has 1 aromatic rings. The van der Waals surface area contributed by atoms with E-state index in [0.29, 0.717) is 30.3 Å². The molecular weight excluding hydrogens is 286 g/mol. The Balaban J connectivity index is 2.38. The van der Waals surface area contributed by atoms with Crippen LogP contribution in [0.5, 0.6) is 0 Å². The SMILES string of the molecule is COCCNC(=O)CNCc1ccc([N+](=O)[O-])cc1Cl. The summed E-state index contributed by atoms with van der Waals surface area (Å²) in [6, 6.07) is 4.23. The lowest BCUT2D eigenvalue weighted by atomic mass is 10.2. The topological polar surface area (TPSA) is 93.5 Å². The Bertz CT molecular complexity index is 482. The Labute approximate surface area is 121 Å². The summed E-state index contributed by atoms with van der Waals surface area (Å²) in [6.07, 6.45) is 0. The van der Waals surface area contributed by atoms with E-state index >= 15 is 0 Å². The highest BCUT2D eigenvalue weighted by atomic mass is 35.5. The van der Waals surface area contributed by atoms with Gasteiger partial charge in [-0.15, -0.1) is 0 Å². The van der Waals surface area contributed by atoms with Crippen molar-refractivity contribution in [2.75, 3.05) is 26.8 Å². The van der Waals surface area contributed by atoms with Gasteiger partial charge in [0.15, 0.2) is 0 Å². The minimum absolute atomic E-state index is 0.0592. The number of benzene rings is 1. The van der Waals surface area contributed by atoms with Crippen molar-refractivity contribution in [3.05, 3.63) is 38.9 Å². The van der Waals surface area contributed by atoms with Gasteiger partial charge in [-0.05, 0) is 11.6 Å². The molecule has 0 heterocycles. The van der Waals surface area contributed by atoms with E-state index in [4.69, 9.17) is 16.3 Å². The molecule has 0 aromatic heterocycles. The van der Waals surface area contributed by atoms with Crippen LogP contribution in [0.15, 0.2) is 18.2 Å². The van der Waals surface area contributed by atoms with Gasteiger partial charge in [-0.1, -0.05) is 11.6 Å². The molecule has 110 valence electrons. The van der Waals surface area contributed by atoms with Gasteiger partial charge in [-0.3, -0.25) is 14.9 Å². The molecule has 0 radical (unpaired) electrons. The molecule has 1 aromatic carbocycles. The highest BCUT2D eigenvalue weighted by molar-refractivity contribution is 6.31. The van der Waals surface area contributed by atoms with Crippen molar-refractivity contribution in [1.82, 2.24) is 10.6 Å². The summed E-state index contributed by atoms with van der Waals surface area (Å²) in [5, 5.41) is 16.4. The van der Waals surface area contributed by atoms with Crippen LogP contribution in [0.3, 0.4) is 0 Å². The number of methoxy groups -OCH3 is 1. The highest BCUT2D eigenvalue weighted by Crippen LogP contribution is 2.22. The maximum absolute atomic E-state index is 11.4. The third-order valence-electron chi connectivity index (χ3n) is 2.48. The monoisotopic (exact) mass is 301 g/mol. The van der Waals surface area contributed by atoms with E-state index in [0.717, 1.165) is 0 Å². The van der Waals surface area contributed by atoms with Crippen molar-refractivity contribution in [2.45, 2.75) is 6.54 Å². The van der Waals surface area contributed by atoms with E-state index in [1.165, 1.54) is 12.1 Å². The Morgan fingerprint density at radius 1 is 1.50 bits per heavy atom. The molecule has 0 spiro atoms. The molecule has 0 aliphatic carbocycles. The van der Waals surface area contributed by atoms with Crippen LogP contribution in [0.2, 0.25) is 5.02 Å². The van der Waals surface area contributed by atoms with Crippen LogP contribution in [0.4, 0.5) is 5.69 Å². The first kappa shape index (κ1) is 16.4. The van der Waals surface area contributed by atoms with Crippen molar-refractivity contribution >= 4 is 23.2 Å². The van der Waals surface area contributed by atoms with E-state index in [1.807, 2.05) is 0 Å². The Hall–Kier alpha value is -1.70. The highest BCUT2D eigenvalue weighted by Gasteiger charge is 2.09. The van der Waals surface area contributed by atoms with Crippen molar-refractivity contribution < 1.29 is 14.5 Å². The van der Waals surface area contributed by atoms with Gasteiger partial charge >= 0.3 is 0 Å². The first-order chi connectivity index (χ1) is 9.54. The van der Waals surface area contributed by atoms with Crippen LogP contribution in [-0.4, -0.2) is 37.6 Å². The number of hydrogen-bond donors (Lipinski definition) is 2. The van der Waals surface area contributed by atoms with Gasteiger partial charge < -0.3 is 15.4 Å². The number of rotatable bonds is 8. The second kappa shape index (κ2) is 8.47. The second-order valence-corrected chi connectivity index (χ2v) is 4.39. The van der Waals surface area contributed by atoms with Crippen LogP contribution < -0.4 is 10.6 Å². The van der Waals surface area contributed by atoms with Crippen molar-refractivity contribution in [3.63, 3.8) is 0 Å². The summed E-state index contributed by atoms with van der Waals surface area (Å²) in [5.41, 5.74) is 0.637. The third-order valence-corrected chi connectivity index (χ3v) is 2.83. The number of carbonyl (C=O) groups is 1. The minimum atomic E-state index is -0.508. The van der Waals surface area contributed by atoms with Crippen molar-refractivity contribution in [1.29, 1.82) is 0 Å². The number of nitro groups is 1. The molecule has 2 N–H and O–H groups in total. The summed E-state index contributed by atoms with van der Waals surface area (Å²) in [6.45, 7) is 1.40. The molecule has 0 unspecified atom stereocenters. The molecule has 8 heteroatoms. The van der Waals surface area contributed by atoms with E-state index in [2.05, 4.69) is 10.6 Å². The molecule has 0 atom stereocenters. The fraction of sp³-hybridized carbons (Fsp3) is 0.417. The fourth-order valence-corrected chi connectivity index (χ4v) is 1.70. The predicted octanol–water partition coefficient (Wildman–Crippen LogP) is 1.10. The molecule has 1 rings (SSSR count). The third kappa shape index (κ3) is 5.52. The Morgan fingerprint density at radius 3 is 2.85 bits per heavy atom. The van der Waals surface area contributed by atoms with Gasteiger partial charge in [-0.25, -0.2) is 0 Å². The molecule has 0 fully saturated rings. The number of hydrogen-bond acceptors (Lipinski definition) is 5. The molecule has 0 saturated heterocycles. The molecule has 0 bridgehead atoms. The number of halogens is 1. The molecule has 0 aliphatic rings. The number of nitrogens with one attached hydrogen (secondary N) is 2. The van der Waals surface area contributed by atoms with Crippen molar-refractivity contribution in [2.24, 2.45) is 0 Å². The molecular formula is C12H16ClN3O4. The average molecular weight is 302 g/mol. The molecule has 1 amide bonds. The van der Waals surface area contributed by atoms with Crippen molar-refractivity contribution in [3.8, 4) is 0 Å². The minimum Gasteiger partial charge on any atom is -0.383 e. The molecule has 0 saturated carbocycles. The normalized spacial score (nSPS) is 10.3. The number of non-ortho nitro benzene ring substituents is 1. The van der Waals surface area contributed by atoms with E-state index in [-0.39, 0.29) is 18.1 Å². The van der Waals surface area contributed by atoms with Crippen LogP contribution in [0.1, 0.15) is 5.56 Å². The van der Waals surface area contributed by atoms with E-state index < -0.39 is 4.92 Å². The molecule has 20 heavy (non-hydrogen) atoms. The largest absolute Gasteiger partial charge is 0.383 e. The van der Waals surface area contributed by atoms with Gasteiger partial charge in [0.25, 0.3) is 5.69 Å². The summed E-state index contributed by atoms with van der Waals surface area (Å²) >= 11 is 5.93. The summed E-state index contributed by atoms with van der Waals surface area (Å²) in [7, 11) is 1.56. The standard InChI is InChI=1S/C12H16ClN3O4/c1-20-5-4-15-12(17)8-14-7-9-2-3-10(16(18)19)6-11(9)13/h2-3,6,14H,4-5,7-8H2,1H3,(H,15,17). The van der Waals surface area contributed by atoms with Gasteiger partial charge in [-0.2, -0.15) is 0 Å². The second-order valence-electron chi connectivity index (χ2n) is 3.98. The molecule has 7 nitrogen and oxygen atoms in total. The first-order valence-corrected chi connectivity index (χ1v) is 6.31. The maximum Gasteiger partial charge on any atom is 0.270 e. The van der Waals surface area contributed by atoms with Crippen LogP contribution in [0.25, 0.3) is 0 Å². The molecule has 0 aliphatic heterocycles. The predicted molar refractivity (Wildman–Crippen MR) is 74.7 cm³/mol. The van der Waals surface area contributed by atoms with E-state index in [1.54, 1.807) is 13.2 Å². The van der Waals surface area contributed by atoms with Gasteiger partial charge in [0, 0.05) is 32.3 Å². The number of ether oxygens (including phenoxy) is 1. The van der Waals surface area contributed by atoms with Gasteiger partial charge in [0.05, 0.1) is 23.1 Å². The lowest BCUT2D eigenvalue weighted by molar-refractivity contribution is -0.384. The Morgan fingerprint density at radius 2 is 2.25 bits per heavy atom.